The molecule has 3 rings (SSSR count). The Kier molecular flexibility index (Phi) is 4.48. The minimum Gasteiger partial charge on any atom is -0.207 e. The lowest BCUT2D eigenvalue weighted by Crippen LogP contribution is -2.42. The van der Waals surface area contributed by atoms with Crippen LogP contribution in [0.1, 0.15) is 6.92 Å². The van der Waals surface area contributed by atoms with Gasteiger partial charge in [-0.2, -0.15) is 8.61 Å². The van der Waals surface area contributed by atoms with E-state index in [-0.39, 0.29) is 22.9 Å². The Balaban J connectivity index is 1.92. The molecule has 0 aliphatic carbocycles. The van der Waals surface area contributed by atoms with Crippen LogP contribution >= 0.6 is 0 Å². The average Bonchev–Trinajstić information content (AvgIpc) is 2.99. The summed E-state index contributed by atoms with van der Waals surface area (Å²) in [7, 11) is -7.47. The molecule has 24 heavy (non-hydrogen) atoms. The Labute approximate surface area is 142 Å². The first kappa shape index (κ1) is 17.1. The van der Waals surface area contributed by atoms with E-state index in [0.29, 0.717) is 0 Å². The maximum atomic E-state index is 12.8. The lowest BCUT2D eigenvalue weighted by atomic mass is 10.4. The molecule has 2 aromatic rings. The molecule has 0 bridgehead atoms. The Bertz CT molecular complexity index is 836. The predicted molar refractivity (Wildman–Crippen MR) is 90.1 cm³/mol. The molecule has 0 unspecified atom stereocenters. The van der Waals surface area contributed by atoms with Crippen LogP contribution in [0.5, 0.6) is 0 Å². The van der Waals surface area contributed by atoms with Crippen LogP contribution in [-0.4, -0.2) is 44.7 Å². The van der Waals surface area contributed by atoms with Gasteiger partial charge in [0.25, 0.3) is 0 Å². The molecule has 1 aliphatic rings. The molecule has 6 nitrogen and oxygen atoms in total. The summed E-state index contributed by atoms with van der Waals surface area (Å²) in [6.07, 6.45) is -0.777. The molecule has 0 radical (unpaired) electrons. The van der Waals surface area contributed by atoms with E-state index in [2.05, 4.69) is 0 Å². The smallest absolute Gasteiger partial charge is 0.207 e. The summed E-state index contributed by atoms with van der Waals surface area (Å²) >= 11 is 0. The van der Waals surface area contributed by atoms with Crippen molar-refractivity contribution in [2.45, 2.75) is 22.9 Å². The highest BCUT2D eigenvalue weighted by atomic mass is 32.2. The van der Waals surface area contributed by atoms with E-state index in [4.69, 9.17) is 0 Å². The molecule has 0 N–H and O–H groups in total. The maximum absolute atomic E-state index is 12.8. The van der Waals surface area contributed by atoms with Crippen LogP contribution in [0.25, 0.3) is 0 Å². The van der Waals surface area contributed by atoms with Gasteiger partial charge in [-0.3, -0.25) is 0 Å². The second-order valence-electron chi connectivity index (χ2n) is 5.49. The molecule has 0 saturated carbocycles. The maximum Gasteiger partial charge on any atom is 0.244 e. The van der Waals surface area contributed by atoms with Crippen molar-refractivity contribution in [1.29, 1.82) is 0 Å². The number of hydrogen-bond acceptors (Lipinski definition) is 4. The largest absolute Gasteiger partial charge is 0.244 e. The zero-order valence-electron chi connectivity index (χ0n) is 13.1. The van der Waals surface area contributed by atoms with Crippen molar-refractivity contribution in [3.63, 3.8) is 0 Å². The molecule has 1 heterocycles. The van der Waals surface area contributed by atoms with Gasteiger partial charge in [0.2, 0.25) is 20.0 Å². The molecule has 0 spiro atoms. The van der Waals surface area contributed by atoms with Crippen LogP contribution in [0.3, 0.4) is 0 Å². The SMILES string of the molecule is CC1N(S(=O)(=O)c2ccccc2)CCN1S(=O)(=O)c1ccccc1. The highest BCUT2D eigenvalue weighted by Crippen LogP contribution is 2.28. The molecule has 0 atom stereocenters. The third-order valence-electron chi connectivity index (χ3n) is 4.07. The third-order valence-corrected chi connectivity index (χ3v) is 8.02. The topological polar surface area (TPSA) is 74.8 Å². The molecular weight excluding hydrogens is 348 g/mol. The summed E-state index contributed by atoms with van der Waals surface area (Å²) in [5.41, 5.74) is 0. The fourth-order valence-electron chi connectivity index (χ4n) is 2.81. The fourth-order valence-corrected chi connectivity index (χ4v) is 6.09. The molecule has 2 aromatic carbocycles. The third kappa shape index (κ3) is 2.86. The second-order valence-corrected chi connectivity index (χ2v) is 9.27. The van der Waals surface area contributed by atoms with Crippen molar-refractivity contribution < 1.29 is 16.8 Å². The predicted octanol–water partition coefficient (Wildman–Crippen LogP) is 1.73. The monoisotopic (exact) mass is 366 g/mol. The molecule has 128 valence electrons. The van der Waals surface area contributed by atoms with E-state index in [9.17, 15) is 16.8 Å². The number of sulfonamides is 2. The Hall–Kier alpha value is -1.74. The van der Waals surface area contributed by atoms with E-state index in [1.54, 1.807) is 43.3 Å². The highest BCUT2D eigenvalue weighted by Gasteiger charge is 2.43. The van der Waals surface area contributed by atoms with Crippen LogP contribution in [0.2, 0.25) is 0 Å². The lowest BCUT2D eigenvalue weighted by molar-refractivity contribution is 0.308. The quantitative estimate of drug-likeness (QED) is 0.826. The average molecular weight is 366 g/mol. The van der Waals surface area contributed by atoms with Gasteiger partial charge in [-0.05, 0) is 31.2 Å². The van der Waals surface area contributed by atoms with Crippen molar-refractivity contribution in [2.24, 2.45) is 0 Å². The summed E-state index contributed by atoms with van der Waals surface area (Å²) in [5.74, 6) is 0. The summed E-state index contributed by atoms with van der Waals surface area (Å²) in [5, 5.41) is 0. The van der Waals surface area contributed by atoms with E-state index in [0.717, 1.165) is 0 Å². The minimum atomic E-state index is -3.74. The molecule has 8 heteroatoms. The van der Waals surface area contributed by atoms with Crippen molar-refractivity contribution in [1.82, 2.24) is 8.61 Å². The Morgan fingerprint density at radius 2 is 1.04 bits per heavy atom. The molecule has 0 amide bonds. The van der Waals surface area contributed by atoms with Gasteiger partial charge in [-0.1, -0.05) is 36.4 Å². The first-order valence-electron chi connectivity index (χ1n) is 7.49. The van der Waals surface area contributed by atoms with Gasteiger partial charge in [-0.15, -0.1) is 0 Å². The minimum absolute atomic E-state index is 0.129. The zero-order valence-corrected chi connectivity index (χ0v) is 14.7. The van der Waals surface area contributed by atoms with Crippen molar-refractivity contribution >= 4 is 20.0 Å². The zero-order chi connectivity index (χ0) is 17.4. The van der Waals surface area contributed by atoms with Crippen LogP contribution in [0, 0.1) is 0 Å². The van der Waals surface area contributed by atoms with E-state index in [1.165, 1.54) is 32.9 Å². The van der Waals surface area contributed by atoms with Gasteiger partial charge in [0.15, 0.2) is 0 Å². The first-order chi connectivity index (χ1) is 11.3. The van der Waals surface area contributed by atoms with Crippen LogP contribution < -0.4 is 0 Å². The molecule has 0 aromatic heterocycles. The van der Waals surface area contributed by atoms with Crippen LogP contribution in [-0.2, 0) is 20.0 Å². The Morgan fingerprint density at radius 3 is 1.38 bits per heavy atom. The van der Waals surface area contributed by atoms with Gasteiger partial charge in [0.05, 0.1) is 16.0 Å². The molecule has 1 saturated heterocycles. The normalized spacial score (nSPS) is 18.0. The number of rotatable bonds is 4. The van der Waals surface area contributed by atoms with Crippen LogP contribution in [0.15, 0.2) is 70.5 Å². The number of benzene rings is 2. The van der Waals surface area contributed by atoms with Gasteiger partial charge >= 0.3 is 0 Å². The summed E-state index contributed by atoms with van der Waals surface area (Å²) in [4.78, 5) is 0.326. The second kappa shape index (κ2) is 6.29. The summed E-state index contributed by atoms with van der Waals surface area (Å²) in [6.45, 7) is 1.85. The van der Waals surface area contributed by atoms with E-state index in [1.807, 2.05) is 0 Å². The lowest BCUT2D eigenvalue weighted by Gasteiger charge is -2.26. The van der Waals surface area contributed by atoms with E-state index < -0.39 is 26.2 Å². The van der Waals surface area contributed by atoms with Gasteiger partial charge in [-0.25, -0.2) is 16.8 Å². The Morgan fingerprint density at radius 1 is 0.708 bits per heavy atom. The molecule has 1 aliphatic heterocycles. The van der Waals surface area contributed by atoms with Crippen molar-refractivity contribution in [3.05, 3.63) is 60.7 Å². The number of nitrogens with zero attached hydrogens (tertiary/aromatic N) is 2. The standard InChI is InChI=1S/C16H18N2O4S2/c1-14-17(23(19,20)15-8-4-2-5-9-15)12-13-18(14)24(21,22)16-10-6-3-7-11-16/h2-11,14H,12-13H2,1H3. The summed E-state index contributed by atoms with van der Waals surface area (Å²) in [6, 6.07) is 16.1. The van der Waals surface area contributed by atoms with Crippen LogP contribution in [0.4, 0.5) is 0 Å². The van der Waals surface area contributed by atoms with Crippen molar-refractivity contribution in [2.75, 3.05) is 13.1 Å². The van der Waals surface area contributed by atoms with Gasteiger partial charge < -0.3 is 0 Å². The van der Waals surface area contributed by atoms with Crippen molar-refractivity contribution in [3.8, 4) is 0 Å². The van der Waals surface area contributed by atoms with Gasteiger partial charge in [0, 0.05) is 13.1 Å². The molecular formula is C16H18N2O4S2. The first-order valence-corrected chi connectivity index (χ1v) is 10.4. The van der Waals surface area contributed by atoms with Gasteiger partial charge in [0.1, 0.15) is 0 Å². The molecule has 1 fully saturated rings. The number of hydrogen-bond donors (Lipinski definition) is 0. The fraction of sp³-hybridized carbons (Fsp3) is 0.250. The van der Waals surface area contributed by atoms with E-state index >= 15 is 0 Å². The summed E-state index contributed by atoms with van der Waals surface area (Å²) < 4.78 is 53.5. The highest BCUT2D eigenvalue weighted by molar-refractivity contribution is 7.90.